The van der Waals surface area contributed by atoms with Gasteiger partial charge in [-0.25, -0.2) is 0 Å². The summed E-state index contributed by atoms with van der Waals surface area (Å²) in [6, 6.07) is 9.23. The summed E-state index contributed by atoms with van der Waals surface area (Å²) in [7, 11) is 1.55. The van der Waals surface area contributed by atoms with Crippen molar-refractivity contribution < 1.29 is 15.3 Å². The van der Waals surface area contributed by atoms with E-state index in [9.17, 15) is 15.3 Å². The van der Waals surface area contributed by atoms with Gasteiger partial charge in [0.2, 0.25) is 0 Å². The van der Waals surface area contributed by atoms with Crippen LogP contribution in [0.25, 0.3) is 0 Å². The van der Waals surface area contributed by atoms with E-state index in [4.69, 9.17) is 0 Å². The molecule has 2 rings (SSSR count). The normalized spacial score (nSPS) is 10.3. The van der Waals surface area contributed by atoms with E-state index < -0.39 is 0 Å². The van der Waals surface area contributed by atoms with Crippen molar-refractivity contribution in [2.75, 3.05) is 5.32 Å². The predicted molar refractivity (Wildman–Crippen MR) is 74.1 cm³/mol. The van der Waals surface area contributed by atoms with Crippen molar-refractivity contribution in [3.05, 3.63) is 35.9 Å². The van der Waals surface area contributed by atoms with Crippen molar-refractivity contribution in [1.82, 2.24) is 0 Å². The van der Waals surface area contributed by atoms with Crippen LogP contribution in [0.1, 0.15) is 5.56 Å². The Bertz CT molecular complexity index is 556. The van der Waals surface area contributed by atoms with Crippen LogP contribution >= 0.6 is 0 Å². The standard InChI is InChI=1S/C13H14BNO3/c1-7-10(15-8-5-3-2-4-6-8)13(18)12(17)9(14)11(7)16/h2-6,15-18H,14H2,1H3. The molecular weight excluding hydrogens is 229 g/mol. The summed E-state index contributed by atoms with van der Waals surface area (Å²) in [6.07, 6.45) is 0. The van der Waals surface area contributed by atoms with Gasteiger partial charge in [-0.1, -0.05) is 18.2 Å². The number of phenols is 3. The van der Waals surface area contributed by atoms with Gasteiger partial charge in [0.1, 0.15) is 13.6 Å². The second kappa shape index (κ2) is 4.53. The van der Waals surface area contributed by atoms with Crippen LogP contribution < -0.4 is 10.8 Å². The lowest BCUT2D eigenvalue weighted by Gasteiger charge is -2.16. The number of para-hydroxylation sites is 1. The topological polar surface area (TPSA) is 72.7 Å². The third-order valence-electron chi connectivity index (χ3n) is 2.94. The molecule has 0 aromatic heterocycles. The minimum Gasteiger partial charge on any atom is -0.508 e. The van der Waals surface area contributed by atoms with E-state index in [0.717, 1.165) is 5.69 Å². The van der Waals surface area contributed by atoms with Crippen LogP contribution in [0.15, 0.2) is 30.3 Å². The average Bonchev–Trinajstić information content (AvgIpc) is 2.40. The summed E-state index contributed by atoms with van der Waals surface area (Å²) in [4.78, 5) is 0. The molecule has 2 aromatic carbocycles. The molecule has 0 aliphatic heterocycles. The number of anilines is 2. The lowest BCUT2D eigenvalue weighted by molar-refractivity contribution is 0.402. The number of nitrogens with one attached hydrogen (secondary N) is 1. The Morgan fingerprint density at radius 3 is 2.17 bits per heavy atom. The molecule has 0 saturated carbocycles. The fourth-order valence-electron chi connectivity index (χ4n) is 1.80. The summed E-state index contributed by atoms with van der Waals surface area (Å²) >= 11 is 0. The molecule has 18 heavy (non-hydrogen) atoms. The van der Waals surface area contributed by atoms with Gasteiger partial charge < -0.3 is 20.6 Å². The molecule has 0 aliphatic rings. The van der Waals surface area contributed by atoms with Crippen LogP contribution in [0.5, 0.6) is 17.2 Å². The van der Waals surface area contributed by atoms with Crippen LogP contribution in [0.3, 0.4) is 0 Å². The van der Waals surface area contributed by atoms with Gasteiger partial charge in [-0.2, -0.15) is 0 Å². The number of phenolic OH excluding ortho intramolecular Hbond substituents is 3. The van der Waals surface area contributed by atoms with Crippen LogP contribution in [0.4, 0.5) is 11.4 Å². The van der Waals surface area contributed by atoms with Crippen LogP contribution in [0.2, 0.25) is 0 Å². The summed E-state index contributed by atoms with van der Waals surface area (Å²) in [5.41, 5.74) is 1.83. The Hall–Kier alpha value is -2.30. The zero-order valence-electron chi connectivity index (χ0n) is 10.2. The van der Waals surface area contributed by atoms with Crippen molar-refractivity contribution >= 4 is 24.7 Å². The first-order chi connectivity index (χ1) is 8.52. The number of rotatable bonds is 2. The minimum atomic E-state index is -0.309. The first kappa shape index (κ1) is 12.2. The number of hydrogen-bond donors (Lipinski definition) is 4. The van der Waals surface area contributed by atoms with Crippen molar-refractivity contribution in [2.45, 2.75) is 6.92 Å². The summed E-state index contributed by atoms with van der Waals surface area (Å²) in [6.45, 7) is 1.67. The van der Waals surface area contributed by atoms with Crippen LogP contribution in [-0.2, 0) is 0 Å². The highest BCUT2D eigenvalue weighted by atomic mass is 16.3. The summed E-state index contributed by atoms with van der Waals surface area (Å²) in [5.74, 6) is -0.591. The SMILES string of the molecule is Bc1c(O)c(C)c(Nc2ccccc2)c(O)c1O. The van der Waals surface area contributed by atoms with Gasteiger partial charge in [0.15, 0.2) is 11.5 Å². The molecule has 0 fully saturated rings. The minimum absolute atomic E-state index is 0.0243. The number of hydrogen-bond acceptors (Lipinski definition) is 4. The maximum absolute atomic E-state index is 9.92. The zero-order valence-corrected chi connectivity index (χ0v) is 10.2. The van der Waals surface area contributed by atoms with E-state index in [2.05, 4.69) is 5.32 Å². The Kier molecular flexibility index (Phi) is 3.06. The molecule has 2 aromatic rings. The summed E-state index contributed by atoms with van der Waals surface area (Å²) in [5, 5.41) is 32.5. The highest BCUT2D eigenvalue weighted by molar-refractivity contribution is 6.37. The highest BCUT2D eigenvalue weighted by Gasteiger charge is 2.18. The van der Waals surface area contributed by atoms with Crippen LogP contribution in [-0.4, -0.2) is 23.2 Å². The highest BCUT2D eigenvalue weighted by Crippen LogP contribution is 2.40. The molecule has 0 saturated heterocycles. The monoisotopic (exact) mass is 243 g/mol. The van der Waals surface area contributed by atoms with Gasteiger partial charge in [-0.3, -0.25) is 0 Å². The lowest BCUT2D eigenvalue weighted by atomic mass is 9.90. The Balaban J connectivity index is 2.52. The average molecular weight is 243 g/mol. The molecule has 0 radical (unpaired) electrons. The quantitative estimate of drug-likeness (QED) is 0.362. The molecule has 0 unspecified atom stereocenters. The molecule has 4 N–H and O–H groups in total. The molecule has 0 amide bonds. The van der Waals surface area contributed by atoms with Gasteiger partial charge in [-0.05, 0) is 24.5 Å². The van der Waals surface area contributed by atoms with Crippen molar-refractivity contribution in [1.29, 1.82) is 0 Å². The predicted octanol–water partition coefficient (Wildman–Crippen LogP) is 1.11. The largest absolute Gasteiger partial charge is 0.508 e. The molecule has 0 heterocycles. The van der Waals surface area contributed by atoms with Gasteiger partial charge in [0.05, 0.1) is 5.69 Å². The van der Waals surface area contributed by atoms with E-state index in [1.807, 2.05) is 30.3 Å². The second-order valence-electron chi connectivity index (χ2n) is 4.16. The first-order valence-electron chi connectivity index (χ1n) is 5.58. The molecule has 0 bridgehead atoms. The first-order valence-corrected chi connectivity index (χ1v) is 5.58. The van der Waals surface area contributed by atoms with E-state index in [-0.39, 0.29) is 22.7 Å². The molecule has 0 spiro atoms. The smallest absolute Gasteiger partial charge is 0.181 e. The number of aromatic hydroxyl groups is 3. The lowest BCUT2D eigenvalue weighted by Crippen LogP contribution is -2.08. The molecular formula is C13H14BNO3. The van der Waals surface area contributed by atoms with E-state index in [1.54, 1.807) is 14.8 Å². The Morgan fingerprint density at radius 1 is 0.944 bits per heavy atom. The Labute approximate surface area is 106 Å². The summed E-state index contributed by atoms with van der Waals surface area (Å²) < 4.78 is 0. The maximum Gasteiger partial charge on any atom is 0.181 e. The van der Waals surface area contributed by atoms with Gasteiger partial charge in [0.25, 0.3) is 0 Å². The van der Waals surface area contributed by atoms with Crippen molar-refractivity contribution in [3.8, 4) is 17.2 Å². The molecule has 5 heteroatoms. The van der Waals surface area contributed by atoms with Crippen LogP contribution in [0, 0.1) is 6.92 Å². The van der Waals surface area contributed by atoms with Gasteiger partial charge in [-0.15, -0.1) is 0 Å². The molecule has 4 nitrogen and oxygen atoms in total. The van der Waals surface area contributed by atoms with Gasteiger partial charge >= 0.3 is 0 Å². The fourth-order valence-corrected chi connectivity index (χ4v) is 1.80. The fraction of sp³-hybridized carbons (Fsp3) is 0.0769. The van der Waals surface area contributed by atoms with E-state index >= 15 is 0 Å². The third-order valence-corrected chi connectivity index (χ3v) is 2.94. The van der Waals surface area contributed by atoms with E-state index in [0.29, 0.717) is 11.3 Å². The third kappa shape index (κ3) is 1.95. The molecule has 92 valence electrons. The Morgan fingerprint density at radius 2 is 1.56 bits per heavy atom. The van der Waals surface area contributed by atoms with Gasteiger partial charge in [0, 0.05) is 11.3 Å². The molecule has 0 atom stereocenters. The number of benzene rings is 2. The van der Waals surface area contributed by atoms with E-state index in [1.165, 1.54) is 0 Å². The zero-order chi connectivity index (χ0) is 13.3. The van der Waals surface area contributed by atoms with Crippen molar-refractivity contribution in [3.63, 3.8) is 0 Å². The maximum atomic E-state index is 9.92. The second-order valence-corrected chi connectivity index (χ2v) is 4.16. The van der Waals surface area contributed by atoms with Crippen molar-refractivity contribution in [2.24, 2.45) is 0 Å². The molecule has 0 aliphatic carbocycles.